The van der Waals surface area contributed by atoms with Crippen LogP contribution in [0.25, 0.3) is 5.69 Å². The molecular weight excluding hydrogens is 450 g/mol. The Balaban J connectivity index is 1.59. The van der Waals surface area contributed by atoms with Crippen LogP contribution in [0.1, 0.15) is 22.6 Å². The molecule has 0 aliphatic heterocycles. The average molecular weight is 473 g/mol. The highest BCUT2D eigenvalue weighted by atomic mass is 16.6. The number of rotatable bonds is 8. The molecule has 1 N–H and O–H groups in total. The molecule has 0 spiro atoms. The summed E-state index contributed by atoms with van der Waals surface area (Å²) in [4.78, 5) is 26.8. The Kier molecular flexibility index (Phi) is 6.67. The molecule has 2 aromatic heterocycles. The van der Waals surface area contributed by atoms with E-state index in [2.05, 4.69) is 20.6 Å². The third-order valence-corrected chi connectivity index (χ3v) is 5.20. The van der Waals surface area contributed by atoms with Gasteiger partial charge in [-0.2, -0.15) is 14.9 Å². The zero-order valence-corrected chi connectivity index (χ0v) is 19.4. The van der Waals surface area contributed by atoms with Gasteiger partial charge in [-0.25, -0.2) is 15.0 Å². The smallest absolute Gasteiger partial charge is 0.343 e. The monoisotopic (exact) mass is 473 g/mol. The first-order chi connectivity index (χ1) is 16.8. The Labute approximate surface area is 200 Å². The molecule has 4 rings (SSSR count). The van der Waals surface area contributed by atoms with Crippen LogP contribution in [0.15, 0.2) is 65.9 Å². The van der Waals surface area contributed by atoms with Gasteiger partial charge in [-0.1, -0.05) is 35.9 Å². The number of nitro groups is 1. The third kappa shape index (κ3) is 5.24. The van der Waals surface area contributed by atoms with Crippen molar-refractivity contribution in [2.75, 3.05) is 0 Å². The summed E-state index contributed by atoms with van der Waals surface area (Å²) in [6.07, 6.45) is 2.56. The molecule has 0 saturated carbocycles. The fourth-order valence-electron chi connectivity index (χ4n) is 3.37. The highest BCUT2D eigenvalue weighted by molar-refractivity contribution is 5.86. The van der Waals surface area contributed by atoms with Crippen LogP contribution in [0.2, 0.25) is 0 Å². The summed E-state index contributed by atoms with van der Waals surface area (Å²) < 4.78 is 9.05. The van der Waals surface area contributed by atoms with Crippen LogP contribution in [0.3, 0.4) is 0 Å². The molecule has 0 aliphatic carbocycles. The number of amides is 1. The zero-order chi connectivity index (χ0) is 24.9. The van der Waals surface area contributed by atoms with Crippen molar-refractivity contribution in [3.05, 3.63) is 93.6 Å². The SMILES string of the molecule is Cc1ccc(Oc2c(/C=N/NC(=O)Cn3c([N+](=O)[O-])cnc3C)c(C)nn2-c2ccccc2)cc1. The number of hydrazone groups is 1. The van der Waals surface area contributed by atoms with E-state index < -0.39 is 10.8 Å². The van der Waals surface area contributed by atoms with Crippen molar-refractivity contribution in [1.82, 2.24) is 24.8 Å². The number of benzene rings is 2. The summed E-state index contributed by atoms with van der Waals surface area (Å²) in [6, 6.07) is 17.1. The van der Waals surface area contributed by atoms with Gasteiger partial charge >= 0.3 is 5.82 Å². The molecule has 0 unspecified atom stereocenters. The van der Waals surface area contributed by atoms with Gasteiger partial charge in [-0.05, 0) is 43.0 Å². The minimum Gasteiger partial charge on any atom is -0.438 e. The lowest BCUT2D eigenvalue weighted by Crippen LogP contribution is -2.24. The van der Waals surface area contributed by atoms with Crippen LogP contribution < -0.4 is 10.2 Å². The Hall–Kier alpha value is -4.80. The van der Waals surface area contributed by atoms with Gasteiger partial charge in [0.15, 0.2) is 12.4 Å². The van der Waals surface area contributed by atoms with E-state index in [1.54, 1.807) is 11.6 Å². The van der Waals surface area contributed by atoms with Gasteiger partial charge in [-0.15, -0.1) is 0 Å². The Bertz CT molecular complexity index is 1390. The van der Waals surface area contributed by atoms with E-state index in [1.165, 1.54) is 10.8 Å². The summed E-state index contributed by atoms with van der Waals surface area (Å²) >= 11 is 0. The molecule has 11 nitrogen and oxygen atoms in total. The lowest BCUT2D eigenvalue weighted by Gasteiger charge is -2.10. The topological polar surface area (TPSA) is 129 Å². The lowest BCUT2D eigenvalue weighted by molar-refractivity contribution is -0.392. The maximum Gasteiger partial charge on any atom is 0.343 e. The van der Waals surface area contributed by atoms with E-state index in [4.69, 9.17) is 4.74 Å². The summed E-state index contributed by atoms with van der Waals surface area (Å²) in [5, 5.41) is 19.8. The number of aromatic nitrogens is 4. The molecule has 0 aliphatic rings. The fourth-order valence-corrected chi connectivity index (χ4v) is 3.37. The van der Waals surface area contributed by atoms with E-state index >= 15 is 0 Å². The highest BCUT2D eigenvalue weighted by Gasteiger charge is 2.21. The predicted molar refractivity (Wildman–Crippen MR) is 129 cm³/mol. The molecule has 178 valence electrons. The Morgan fingerprint density at radius 2 is 1.86 bits per heavy atom. The number of nitrogens with one attached hydrogen (secondary N) is 1. The van der Waals surface area contributed by atoms with Crippen LogP contribution in [0, 0.1) is 30.9 Å². The van der Waals surface area contributed by atoms with Crippen LogP contribution in [-0.2, 0) is 11.3 Å². The number of carbonyl (C=O) groups is 1. The van der Waals surface area contributed by atoms with Gasteiger partial charge in [0.05, 0.1) is 23.2 Å². The number of aryl methyl sites for hydroxylation is 3. The number of ether oxygens (including phenoxy) is 1. The van der Waals surface area contributed by atoms with Crippen LogP contribution in [0.4, 0.5) is 5.82 Å². The fraction of sp³-hybridized carbons (Fsp3) is 0.167. The molecular formula is C24H23N7O4. The molecule has 4 aromatic rings. The standard InChI is InChI=1S/C24H23N7O4/c1-16-9-11-20(12-10-16)35-24-21(17(2)28-30(24)19-7-5-4-6-8-19)13-26-27-22(32)15-29-18(3)25-14-23(29)31(33)34/h4-14H,15H2,1-3H3,(H,27,32)/b26-13+. The average Bonchev–Trinajstić information content (AvgIpc) is 3.35. The van der Waals surface area contributed by atoms with Crippen molar-refractivity contribution < 1.29 is 14.5 Å². The second-order valence-corrected chi connectivity index (χ2v) is 7.77. The predicted octanol–water partition coefficient (Wildman–Crippen LogP) is 3.84. The van der Waals surface area contributed by atoms with Gasteiger partial charge in [-0.3, -0.25) is 4.79 Å². The number of hydrogen-bond donors (Lipinski definition) is 1. The van der Waals surface area contributed by atoms with Gasteiger partial charge in [0.2, 0.25) is 5.88 Å². The number of hydrogen-bond acceptors (Lipinski definition) is 7. The second-order valence-electron chi connectivity index (χ2n) is 7.77. The van der Waals surface area contributed by atoms with Crippen LogP contribution in [0.5, 0.6) is 11.6 Å². The number of nitrogens with zero attached hydrogens (tertiary/aromatic N) is 6. The first-order valence-corrected chi connectivity index (χ1v) is 10.7. The van der Waals surface area contributed by atoms with Crippen molar-refractivity contribution in [3.8, 4) is 17.3 Å². The van der Waals surface area contributed by atoms with Crippen molar-refractivity contribution in [3.63, 3.8) is 0 Å². The maximum absolute atomic E-state index is 12.4. The van der Waals surface area contributed by atoms with E-state index in [-0.39, 0.29) is 12.4 Å². The minimum atomic E-state index is -0.591. The molecule has 0 atom stereocenters. The van der Waals surface area contributed by atoms with E-state index in [1.807, 2.05) is 68.4 Å². The summed E-state index contributed by atoms with van der Waals surface area (Å²) in [5.74, 6) is 0.588. The van der Waals surface area contributed by atoms with Crippen LogP contribution >= 0.6 is 0 Å². The van der Waals surface area contributed by atoms with Crippen molar-refractivity contribution in [2.24, 2.45) is 5.10 Å². The molecule has 0 bridgehead atoms. The van der Waals surface area contributed by atoms with Crippen LogP contribution in [-0.4, -0.2) is 36.4 Å². The summed E-state index contributed by atoms with van der Waals surface area (Å²) in [7, 11) is 0. The molecule has 2 aromatic carbocycles. The normalized spacial score (nSPS) is 11.1. The van der Waals surface area contributed by atoms with Gasteiger partial charge in [0, 0.05) is 6.92 Å². The number of para-hydroxylation sites is 1. The van der Waals surface area contributed by atoms with Gasteiger partial charge in [0.1, 0.15) is 11.9 Å². The first kappa shape index (κ1) is 23.4. The molecule has 11 heteroatoms. The van der Waals surface area contributed by atoms with E-state index in [9.17, 15) is 14.9 Å². The molecule has 35 heavy (non-hydrogen) atoms. The third-order valence-electron chi connectivity index (χ3n) is 5.20. The number of imidazole rings is 1. The van der Waals surface area contributed by atoms with Crippen molar-refractivity contribution in [2.45, 2.75) is 27.3 Å². The van der Waals surface area contributed by atoms with E-state index in [0.717, 1.165) is 17.4 Å². The highest BCUT2D eigenvalue weighted by Crippen LogP contribution is 2.29. The summed E-state index contributed by atoms with van der Waals surface area (Å²) in [5.41, 5.74) is 5.50. The van der Waals surface area contributed by atoms with Crippen molar-refractivity contribution >= 4 is 17.9 Å². The Morgan fingerprint density at radius 3 is 2.54 bits per heavy atom. The quantitative estimate of drug-likeness (QED) is 0.235. The largest absolute Gasteiger partial charge is 0.438 e. The molecule has 2 heterocycles. The molecule has 0 radical (unpaired) electrons. The zero-order valence-electron chi connectivity index (χ0n) is 19.4. The minimum absolute atomic E-state index is 0.268. The molecule has 0 fully saturated rings. The maximum atomic E-state index is 12.4. The second kappa shape index (κ2) is 10.00. The first-order valence-electron chi connectivity index (χ1n) is 10.7. The number of carbonyl (C=O) groups excluding carboxylic acids is 1. The van der Waals surface area contributed by atoms with Gasteiger partial charge in [0.25, 0.3) is 5.91 Å². The van der Waals surface area contributed by atoms with E-state index in [0.29, 0.717) is 28.7 Å². The lowest BCUT2D eigenvalue weighted by atomic mass is 10.2. The molecule has 0 saturated heterocycles. The summed E-state index contributed by atoms with van der Waals surface area (Å²) in [6.45, 7) is 5.08. The molecule has 1 amide bonds. The van der Waals surface area contributed by atoms with Crippen molar-refractivity contribution in [1.29, 1.82) is 0 Å². The van der Waals surface area contributed by atoms with Gasteiger partial charge < -0.3 is 14.9 Å². The Morgan fingerprint density at radius 1 is 1.14 bits per heavy atom.